The molecule has 15 heavy (non-hydrogen) atoms. The van der Waals surface area contributed by atoms with E-state index in [1.54, 1.807) is 12.1 Å². The molecule has 0 saturated heterocycles. The molecule has 0 aliphatic heterocycles. The Balaban J connectivity index is 2.34. The fourth-order valence-corrected chi connectivity index (χ4v) is 1.32. The molecule has 1 aromatic carbocycles. The Morgan fingerprint density at radius 1 is 1.47 bits per heavy atom. The molecule has 0 atom stereocenters. The molecule has 84 valence electrons. The van der Waals surface area contributed by atoms with Crippen LogP contribution in [0.4, 0.5) is 4.39 Å². The zero-order chi connectivity index (χ0) is 11.1. The molecular formula is C11H15ClFNO. The van der Waals surface area contributed by atoms with Gasteiger partial charge in [0, 0.05) is 0 Å². The van der Waals surface area contributed by atoms with Crippen LogP contribution in [0.3, 0.4) is 0 Å². The number of halogens is 2. The van der Waals surface area contributed by atoms with Gasteiger partial charge in [-0.1, -0.05) is 24.6 Å². The molecule has 0 fully saturated rings. The van der Waals surface area contributed by atoms with E-state index in [4.69, 9.17) is 16.3 Å². The number of rotatable bonds is 6. The maximum Gasteiger partial charge on any atom is 0.183 e. The van der Waals surface area contributed by atoms with Gasteiger partial charge in [-0.05, 0) is 31.6 Å². The molecule has 0 aliphatic rings. The maximum absolute atomic E-state index is 13.3. The van der Waals surface area contributed by atoms with Gasteiger partial charge in [0.05, 0.1) is 11.6 Å². The molecule has 2 nitrogen and oxygen atoms in total. The second-order valence-corrected chi connectivity index (χ2v) is 3.51. The van der Waals surface area contributed by atoms with Crippen LogP contribution in [0.1, 0.15) is 13.3 Å². The highest BCUT2D eigenvalue weighted by Gasteiger charge is 2.06. The third-order valence-electron chi connectivity index (χ3n) is 1.92. The van der Waals surface area contributed by atoms with Crippen molar-refractivity contribution in [3.63, 3.8) is 0 Å². The molecule has 0 saturated carbocycles. The Morgan fingerprint density at radius 2 is 2.27 bits per heavy atom. The molecule has 0 heterocycles. The van der Waals surface area contributed by atoms with Gasteiger partial charge in [-0.2, -0.15) is 0 Å². The number of nitrogens with one attached hydrogen (secondary N) is 1. The van der Waals surface area contributed by atoms with Crippen LogP contribution in [0.5, 0.6) is 5.75 Å². The van der Waals surface area contributed by atoms with Crippen molar-refractivity contribution in [2.45, 2.75) is 13.3 Å². The summed E-state index contributed by atoms with van der Waals surface area (Å²) in [4.78, 5) is 0. The van der Waals surface area contributed by atoms with Crippen LogP contribution in [0.2, 0.25) is 5.02 Å². The Hall–Kier alpha value is -0.800. The fourth-order valence-electron chi connectivity index (χ4n) is 1.15. The van der Waals surface area contributed by atoms with Crippen LogP contribution in [0.25, 0.3) is 0 Å². The molecule has 0 aliphatic carbocycles. The van der Waals surface area contributed by atoms with Crippen molar-refractivity contribution in [2.75, 3.05) is 19.7 Å². The summed E-state index contributed by atoms with van der Waals surface area (Å²) in [5.74, 6) is -0.262. The van der Waals surface area contributed by atoms with Gasteiger partial charge in [-0.3, -0.25) is 0 Å². The highest BCUT2D eigenvalue weighted by atomic mass is 35.5. The predicted octanol–water partition coefficient (Wildman–Crippen LogP) is 2.86. The number of hydrogen-bond acceptors (Lipinski definition) is 2. The quantitative estimate of drug-likeness (QED) is 0.761. The van der Waals surface area contributed by atoms with E-state index in [9.17, 15) is 4.39 Å². The van der Waals surface area contributed by atoms with E-state index >= 15 is 0 Å². The first-order chi connectivity index (χ1) is 7.25. The summed E-state index contributed by atoms with van der Waals surface area (Å²) in [6, 6.07) is 4.75. The molecule has 0 aromatic heterocycles. The van der Waals surface area contributed by atoms with E-state index in [2.05, 4.69) is 5.32 Å². The summed E-state index contributed by atoms with van der Waals surface area (Å²) >= 11 is 5.61. The largest absolute Gasteiger partial charge is 0.490 e. The molecule has 0 bridgehead atoms. The Morgan fingerprint density at radius 3 is 3.00 bits per heavy atom. The second-order valence-electron chi connectivity index (χ2n) is 3.11. The monoisotopic (exact) mass is 231 g/mol. The molecule has 4 heteroatoms. The Bertz CT molecular complexity index is 307. The average molecular weight is 232 g/mol. The molecule has 0 spiro atoms. The SMILES string of the molecule is CCNCCCOc1cccc(Cl)c1F. The highest BCUT2D eigenvalue weighted by molar-refractivity contribution is 6.30. The van der Waals surface area contributed by atoms with Crippen LogP contribution in [-0.2, 0) is 0 Å². The van der Waals surface area contributed by atoms with E-state index in [1.807, 2.05) is 6.92 Å². The molecule has 1 rings (SSSR count). The van der Waals surface area contributed by atoms with Crippen LogP contribution in [0.15, 0.2) is 18.2 Å². The first-order valence-corrected chi connectivity index (χ1v) is 5.41. The zero-order valence-electron chi connectivity index (χ0n) is 8.72. The maximum atomic E-state index is 13.3. The van der Waals surface area contributed by atoms with Crippen LogP contribution < -0.4 is 10.1 Å². The van der Waals surface area contributed by atoms with Gasteiger partial charge >= 0.3 is 0 Å². The Kier molecular flexibility index (Phi) is 5.43. The van der Waals surface area contributed by atoms with Crippen molar-refractivity contribution >= 4 is 11.6 Å². The van der Waals surface area contributed by atoms with E-state index in [0.717, 1.165) is 19.5 Å². The fraction of sp³-hybridized carbons (Fsp3) is 0.455. The van der Waals surface area contributed by atoms with Crippen LogP contribution >= 0.6 is 11.6 Å². The summed E-state index contributed by atoms with van der Waals surface area (Å²) in [7, 11) is 0. The summed E-state index contributed by atoms with van der Waals surface area (Å²) in [6.45, 7) is 4.34. The van der Waals surface area contributed by atoms with Crippen LogP contribution in [-0.4, -0.2) is 19.7 Å². The van der Waals surface area contributed by atoms with E-state index in [-0.39, 0.29) is 10.8 Å². The van der Waals surface area contributed by atoms with Crippen LogP contribution in [0, 0.1) is 5.82 Å². The van der Waals surface area contributed by atoms with Crippen molar-refractivity contribution < 1.29 is 9.13 Å². The minimum atomic E-state index is -0.484. The van der Waals surface area contributed by atoms with E-state index in [1.165, 1.54) is 6.07 Å². The summed E-state index contributed by atoms with van der Waals surface area (Å²) in [5, 5.41) is 3.26. The molecule has 0 radical (unpaired) electrons. The van der Waals surface area contributed by atoms with Gasteiger partial charge in [0.25, 0.3) is 0 Å². The minimum Gasteiger partial charge on any atom is -0.490 e. The average Bonchev–Trinajstić information content (AvgIpc) is 2.24. The molecular weight excluding hydrogens is 217 g/mol. The first-order valence-electron chi connectivity index (χ1n) is 5.03. The van der Waals surface area contributed by atoms with E-state index < -0.39 is 5.82 Å². The van der Waals surface area contributed by atoms with Gasteiger partial charge < -0.3 is 10.1 Å². The lowest BCUT2D eigenvalue weighted by molar-refractivity contribution is 0.294. The lowest BCUT2D eigenvalue weighted by Crippen LogP contribution is -2.16. The third kappa shape index (κ3) is 4.06. The smallest absolute Gasteiger partial charge is 0.183 e. The lowest BCUT2D eigenvalue weighted by atomic mass is 10.3. The van der Waals surface area contributed by atoms with Gasteiger partial charge in [-0.15, -0.1) is 0 Å². The van der Waals surface area contributed by atoms with Gasteiger partial charge in [0.1, 0.15) is 0 Å². The second kappa shape index (κ2) is 6.64. The normalized spacial score (nSPS) is 10.3. The zero-order valence-corrected chi connectivity index (χ0v) is 9.48. The van der Waals surface area contributed by atoms with Crippen molar-refractivity contribution in [1.82, 2.24) is 5.32 Å². The summed E-state index contributed by atoms with van der Waals surface area (Å²) in [5.41, 5.74) is 0. The Labute approximate surface area is 94.4 Å². The third-order valence-corrected chi connectivity index (χ3v) is 2.21. The first kappa shape index (κ1) is 12.3. The summed E-state index contributed by atoms with van der Waals surface area (Å²) in [6.07, 6.45) is 0.847. The molecule has 1 N–H and O–H groups in total. The minimum absolute atomic E-state index is 0.0965. The van der Waals surface area contributed by atoms with E-state index in [0.29, 0.717) is 6.61 Å². The van der Waals surface area contributed by atoms with Crippen molar-refractivity contribution in [3.05, 3.63) is 29.0 Å². The number of benzene rings is 1. The topological polar surface area (TPSA) is 21.3 Å². The van der Waals surface area contributed by atoms with Gasteiger partial charge in [-0.25, -0.2) is 4.39 Å². The van der Waals surface area contributed by atoms with Crippen molar-refractivity contribution in [1.29, 1.82) is 0 Å². The molecule has 0 unspecified atom stereocenters. The summed E-state index contributed by atoms with van der Waals surface area (Å²) < 4.78 is 18.6. The molecule has 0 amide bonds. The van der Waals surface area contributed by atoms with Crippen molar-refractivity contribution in [3.8, 4) is 5.75 Å². The number of hydrogen-bond donors (Lipinski definition) is 1. The number of ether oxygens (including phenoxy) is 1. The highest BCUT2D eigenvalue weighted by Crippen LogP contribution is 2.23. The lowest BCUT2D eigenvalue weighted by Gasteiger charge is -2.07. The predicted molar refractivity (Wildman–Crippen MR) is 60.1 cm³/mol. The standard InChI is InChI=1S/C11H15ClFNO/c1-2-14-7-4-8-15-10-6-3-5-9(12)11(10)13/h3,5-6,14H,2,4,7-8H2,1H3. The van der Waals surface area contributed by atoms with Gasteiger partial charge in [0.2, 0.25) is 0 Å². The van der Waals surface area contributed by atoms with Crippen molar-refractivity contribution in [2.24, 2.45) is 0 Å². The molecule has 1 aromatic rings. The van der Waals surface area contributed by atoms with Gasteiger partial charge in [0.15, 0.2) is 11.6 Å².